The highest BCUT2D eigenvalue weighted by molar-refractivity contribution is 5.91. The molecule has 1 aliphatic carbocycles. The molecule has 4 heteroatoms. The van der Waals surface area contributed by atoms with Crippen molar-refractivity contribution in [2.75, 3.05) is 6.61 Å². The van der Waals surface area contributed by atoms with Crippen molar-refractivity contribution in [1.82, 2.24) is 4.98 Å². The van der Waals surface area contributed by atoms with Crippen molar-refractivity contribution in [2.24, 2.45) is 0 Å². The van der Waals surface area contributed by atoms with Gasteiger partial charge in [-0.2, -0.15) is 0 Å². The molecule has 1 aliphatic rings. The molecule has 0 bridgehead atoms. The highest BCUT2D eigenvalue weighted by Gasteiger charge is 2.24. The van der Waals surface area contributed by atoms with Crippen LogP contribution < -0.4 is 0 Å². The van der Waals surface area contributed by atoms with Gasteiger partial charge in [-0.1, -0.05) is 0 Å². The van der Waals surface area contributed by atoms with Crippen LogP contribution in [0.1, 0.15) is 40.7 Å². The Bertz CT molecular complexity index is 445. The summed E-state index contributed by atoms with van der Waals surface area (Å²) in [7, 11) is 0. The zero-order chi connectivity index (χ0) is 11.7. The number of aryl methyl sites for hydroxylation is 1. The number of rotatable bonds is 2. The van der Waals surface area contributed by atoms with Crippen molar-refractivity contribution in [3.63, 3.8) is 0 Å². The number of H-pyrrole nitrogens is 1. The second-order valence-electron chi connectivity index (χ2n) is 4.02. The fourth-order valence-corrected chi connectivity index (χ4v) is 2.11. The average Bonchev–Trinajstić information content (AvgIpc) is 2.57. The smallest absolute Gasteiger partial charge is 0.355 e. The standard InChI is InChI=1S/C12H15NO3/c1-3-16-12(15)11-7(2)9-6-8(14)4-5-10(9)13-11/h13H,3-6H2,1-2H3. The number of hydrogen-bond acceptors (Lipinski definition) is 3. The molecule has 0 unspecified atom stereocenters. The minimum atomic E-state index is -0.332. The van der Waals surface area contributed by atoms with Crippen molar-refractivity contribution in [1.29, 1.82) is 0 Å². The molecule has 1 heterocycles. The monoisotopic (exact) mass is 221 g/mol. The second kappa shape index (κ2) is 4.12. The normalized spacial score (nSPS) is 14.8. The fraction of sp³-hybridized carbons (Fsp3) is 0.500. The van der Waals surface area contributed by atoms with E-state index in [0.29, 0.717) is 31.6 Å². The Kier molecular flexibility index (Phi) is 2.81. The van der Waals surface area contributed by atoms with E-state index in [4.69, 9.17) is 4.74 Å². The van der Waals surface area contributed by atoms with Crippen LogP contribution in [-0.4, -0.2) is 23.3 Å². The minimum Gasteiger partial charge on any atom is -0.461 e. The number of hydrogen-bond donors (Lipinski definition) is 1. The molecule has 1 aromatic rings. The summed E-state index contributed by atoms with van der Waals surface area (Å²) in [5.41, 5.74) is 3.36. The molecule has 4 nitrogen and oxygen atoms in total. The molecule has 0 aliphatic heterocycles. The van der Waals surface area contributed by atoms with Gasteiger partial charge in [0.1, 0.15) is 11.5 Å². The molecular weight excluding hydrogens is 206 g/mol. The molecule has 0 saturated carbocycles. The van der Waals surface area contributed by atoms with E-state index in [0.717, 1.165) is 16.8 Å². The third kappa shape index (κ3) is 1.75. The number of aromatic nitrogens is 1. The molecule has 0 atom stereocenters. The van der Waals surface area contributed by atoms with Gasteiger partial charge in [0.25, 0.3) is 0 Å². The van der Waals surface area contributed by atoms with E-state index in [1.807, 2.05) is 6.92 Å². The summed E-state index contributed by atoms with van der Waals surface area (Å²) in [5, 5.41) is 0. The predicted molar refractivity (Wildman–Crippen MR) is 58.5 cm³/mol. The molecule has 0 radical (unpaired) electrons. The quantitative estimate of drug-likeness (QED) is 0.771. The molecule has 0 aromatic carbocycles. The van der Waals surface area contributed by atoms with E-state index >= 15 is 0 Å². The molecule has 0 saturated heterocycles. The summed E-state index contributed by atoms with van der Waals surface area (Å²) in [6.07, 6.45) is 1.71. The van der Waals surface area contributed by atoms with Gasteiger partial charge in [-0.15, -0.1) is 0 Å². The Hall–Kier alpha value is -1.58. The number of carbonyl (C=O) groups excluding carboxylic acids is 2. The third-order valence-corrected chi connectivity index (χ3v) is 2.98. The first-order valence-electron chi connectivity index (χ1n) is 5.52. The number of Topliss-reactive ketones (excluding diaryl/α,β-unsaturated/α-hetero) is 1. The first kappa shape index (κ1) is 10.9. The lowest BCUT2D eigenvalue weighted by Crippen LogP contribution is -2.12. The van der Waals surface area contributed by atoms with Crippen LogP contribution in [0.25, 0.3) is 0 Å². The van der Waals surface area contributed by atoms with Crippen LogP contribution in [0.15, 0.2) is 0 Å². The lowest BCUT2D eigenvalue weighted by molar-refractivity contribution is -0.118. The van der Waals surface area contributed by atoms with Gasteiger partial charge < -0.3 is 9.72 Å². The van der Waals surface area contributed by atoms with Crippen molar-refractivity contribution >= 4 is 11.8 Å². The van der Waals surface area contributed by atoms with Gasteiger partial charge in [-0.3, -0.25) is 4.79 Å². The summed E-state index contributed by atoms with van der Waals surface area (Å²) >= 11 is 0. The SMILES string of the molecule is CCOC(=O)c1[nH]c2c(c1C)CC(=O)CC2. The minimum absolute atomic E-state index is 0.241. The molecule has 1 N–H and O–H groups in total. The molecule has 0 spiro atoms. The molecule has 0 amide bonds. The summed E-state index contributed by atoms with van der Waals surface area (Å²) < 4.78 is 4.96. The molecule has 16 heavy (non-hydrogen) atoms. The maximum atomic E-state index is 11.6. The van der Waals surface area contributed by atoms with E-state index in [9.17, 15) is 9.59 Å². The Morgan fingerprint density at radius 3 is 2.88 bits per heavy atom. The maximum Gasteiger partial charge on any atom is 0.355 e. The zero-order valence-corrected chi connectivity index (χ0v) is 9.55. The van der Waals surface area contributed by atoms with E-state index in [1.54, 1.807) is 6.92 Å². The van der Waals surface area contributed by atoms with E-state index in [1.165, 1.54) is 0 Å². The van der Waals surface area contributed by atoms with Gasteiger partial charge in [-0.05, 0) is 31.4 Å². The summed E-state index contributed by atoms with van der Waals surface area (Å²) in [6, 6.07) is 0. The Morgan fingerprint density at radius 1 is 1.44 bits per heavy atom. The number of fused-ring (bicyclic) bond motifs is 1. The van der Waals surface area contributed by atoms with E-state index in [2.05, 4.69) is 4.98 Å². The van der Waals surface area contributed by atoms with E-state index < -0.39 is 0 Å². The summed E-state index contributed by atoms with van der Waals surface area (Å²) in [5.74, 6) is -0.0909. The van der Waals surface area contributed by atoms with Crippen LogP contribution in [0.5, 0.6) is 0 Å². The number of carbonyl (C=O) groups is 2. The summed E-state index contributed by atoms with van der Waals surface area (Å²) in [6.45, 7) is 4.00. The van der Waals surface area contributed by atoms with Crippen LogP contribution >= 0.6 is 0 Å². The van der Waals surface area contributed by atoms with Crippen LogP contribution in [0.4, 0.5) is 0 Å². The van der Waals surface area contributed by atoms with Crippen LogP contribution in [0.2, 0.25) is 0 Å². The van der Waals surface area contributed by atoms with Gasteiger partial charge in [0.2, 0.25) is 0 Å². The zero-order valence-electron chi connectivity index (χ0n) is 9.55. The second-order valence-corrected chi connectivity index (χ2v) is 4.02. The number of esters is 1. The Balaban J connectivity index is 2.35. The van der Waals surface area contributed by atoms with Gasteiger partial charge in [0.05, 0.1) is 6.61 Å². The first-order chi connectivity index (χ1) is 7.63. The Morgan fingerprint density at radius 2 is 2.19 bits per heavy atom. The maximum absolute atomic E-state index is 11.6. The predicted octanol–water partition coefficient (Wildman–Crippen LogP) is 1.56. The third-order valence-electron chi connectivity index (χ3n) is 2.98. The number of aromatic amines is 1. The van der Waals surface area contributed by atoms with Crippen molar-refractivity contribution < 1.29 is 14.3 Å². The molecule has 1 aromatic heterocycles. The average molecular weight is 221 g/mol. The molecular formula is C12H15NO3. The highest BCUT2D eigenvalue weighted by Crippen LogP contribution is 2.25. The topological polar surface area (TPSA) is 59.2 Å². The van der Waals surface area contributed by atoms with Crippen LogP contribution in [0.3, 0.4) is 0 Å². The number of nitrogens with one attached hydrogen (secondary N) is 1. The highest BCUT2D eigenvalue weighted by atomic mass is 16.5. The van der Waals surface area contributed by atoms with Gasteiger partial charge in [0.15, 0.2) is 0 Å². The molecule has 2 rings (SSSR count). The number of ketones is 1. The fourth-order valence-electron chi connectivity index (χ4n) is 2.11. The van der Waals surface area contributed by atoms with Crippen molar-refractivity contribution in [3.05, 3.63) is 22.5 Å². The van der Waals surface area contributed by atoms with Crippen molar-refractivity contribution in [3.8, 4) is 0 Å². The van der Waals surface area contributed by atoms with Crippen LogP contribution in [0, 0.1) is 6.92 Å². The van der Waals surface area contributed by atoms with E-state index in [-0.39, 0.29) is 11.8 Å². The van der Waals surface area contributed by atoms with Gasteiger partial charge in [-0.25, -0.2) is 4.79 Å². The number of ether oxygens (including phenoxy) is 1. The lowest BCUT2D eigenvalue weighted by atomic mass is 9.94. The largest absolute Gasteiger partial charge is 0.461 e. The van der Waals surface area contributed by atoms with Gasteiger partial charge in [0, 0.05) is 18.5 Å². The summed E-state index contributed by atoms with van der Waals surface area (Å²) in [4.78, 5) is 26.1. The first-order valence-corrected chi connectivity index (χ1v) is 5.52. The van der Waals surface area contributed by atoms with Crippen molar-refractivity contribution in [2.45, 2.75) is 33.1 Å². The van der Waals surface area contributed by atoms with Gasteiger partial charge >= 0.3 is 5.97 Å². The lowest BCUT2D eigenvalue weighted by Gasteiger charge is -2.09. The molecule has 0 fully saturated rings. The Labute approximate surface area is 94.0 Å². The molecule has 86 valence electrons. The van der Waals surface area contributed by atoms with Crippen LogP contribution in [-0.2, 0) is 22.4 Å².